The highest BCUT2D eigenvalue weighted by Crippen LogP contribution is 2.71. The van der Waals surface area contributed by atoms with Crippen LogP contribution in [0.4, 0.5) is 5.69 Å². The predicted molar refractivity (Wildman–Crippen MR) is 79.0 cm³/mol. The van der Waals surface area contributed by atoms with E-state index in [1.807, 2.05) is 30.3 Å². The number of thiol groups is 1. The van der Waals surface area contributed by atoms with Crippen LogP contribution in [0.15, 0.2) is 40.1 Å². The summed E-state index contributed by atoms with van der Waals surface area (Å²) in [4.78, 5) is 1.44. The number of rotatable bonds is 1. The summed E-state index contributed by atoms with van der Waals surface area (Å²) in [6.07, 6.45) is 0. The van der Waals surface area contributed by atoms with Gasteiger partial charge >= 0.3 is 0 Å². The molecule has 0 aromatic heterocycles. The molecule has 0 radical (unpaired) electrons. The van der Waals surface area contributed by atoms with Gasteiger partial charge < -0.3 is 5.73 Å². The van der Waals surface area contributed by atoms with E-state index in [2.05, 4.69) is 12.6 Å². The van der Waals surface area contributed by atoms with Gasteiger partial charge in [0.1, 0.15) is 0 Å². The summed E-state index contributed by atoms with van der Waals surface area (Å²) < 4.78 is 0. The van der Waals surface area contributed by atoms with E-state index in [0.29, 0.717) is 10.6 Å². The fourth-order valence-electron chi connectivity index (χ4n) is 1.48. The molecule has 0 saturated heterocycles. The first-order valence-corrected chi connectivity index (χ1v) is 8.88. The van der Waals surface area contributed by atoms with E-state index in [1.165, 1.54) is 0 Å². The molecule has 0 aliphatic heterocycles. The van der Waals surface area contributed by atoms with Crippen LogP contribution in [0.25, 0.3) is 10.8 Å². The van der Waals surface area contributed by atoms with Gasteiger partial charge in [-0.25, -0.2) is 0 Å². The average Bonchev–Trinajstić information content (AvgIpc) is 2.16. The van der Waals surface area contributed by atoms with Crippen molar-refractivity contribution < 1.29 is 0 Å². The van der Waals surface area contributed by atoms with Crippen LogP contribution >= 0.6 is 52.3 Å². The Balaban J connectivity index is 2.74. The molecule has 0 aliphatic carbocycles. The standard InChI is InChI=1S/C10H8Cl3NS2/c11-16(12,13)10-5-7-3-8(15)2-1-6(7)4-9(10)14/h1-5,15H,14H2. The van der Waals surface area contributed by atoms with Gasteiger partial charge in [-0.3, -0.25) is 0 Å². The van der Waals surface area contributed by atoms with Gasteiger partial charge in [0, 0.05) is 18.3 Å². The summed E-state index contributed by atoms with van der Waals surface area (Å²) >= 11 is 4.27. The van der Waals surface area contributed by atoms with Gasteiger partial charge in [-0.1, -0.05) is 6.07 Å². The molecule has 0 aliphatic rings. The van der Waals surface area contributed by atoms with Gasteiger partial charge in [-0.15, -0.1) is 12.6 Å². The van der Waals surface area contributed by atoms with Gasteiger partial charge in [-0.2, -0.15) is 0 Å². The molecular formula is C10H8Cl3NS2. The first-order valence-electron chi connectivity index (χ1n) is 4.32. The third-order valence-corrected chi connectivity index (χ3v) is 4.83. The molecule has 0 atom stereocenters. The Morgan fingerprint density at radius 3 is 2.31 bits per heavy atom. The maximum atomic E-state index is 5.92. The number of hydrogen-bond acceptors (Lipinski definition) is 2. The number of halogens is 3. The first-order chi connectivity index (χ1) is 7.38. The average molecular weight is 313 g/mol. The molecule has 86 valence electrons. The lowest BCUT2D eigenvalue weighted by Gasteiger charge is -2.18. The van der Waals surface area contributed by atoms with Crippen molar-refractivity contribution in [1.29, 1.82) is 0 Å². The van der Waals surface area contributed by atoms with E-state index in [-0.39, 0.29) is 0 Å². The Labute approximate surface area is 114 Å². The topological polar surface area (TPSA) is 26.0 Å². The molecule has 0 unspecified atom stereocenters. The number of fused-ring (bicyclic) bond motifs is 1. The molecule has 2 aromatic rings. The van der Waals surface area contributed by atoms with E-state index in [0.717, 1.165) is 15.7 Å². The zero-order valence-corrected chi connectivity index (χ0v) is 11.9. The Kier molecular flexibility index (Phi) is 3.44. The van der Waals surface area contributed by atoms with Crippen LogP contribution in [0.2, 0.25) is 0 Å². The highest BCUT2D eigenvalue weighted by atomic mass is 36.2. The minimum Gasteiger partial charge on any atom is -0.398 e. The fraction of sp³-hybridized carbons (Fsp3) is 0. The second-order valence-corrected chi connectivity index (χ2v) is 10.7. The van der Waals surface area contributed by atoms with Gasteiger partial charge in [-0.05, 0) is 67.1 Å². The Bertz CT molecular complexity index is 551. The first kappa shape index (κ1) is 12.5. The zero-order valence-electron chi connectivity index (χ0n) is 7.95. The van der Waals surface area contributed by atoms with Crippen LogP contribution in [0.5, 0.6) is 0 Å². The van der Waals surface area contributed by atoms with Crippen LogP contribution in [0, 0.1) is 0 Å². The number of nitrogens with two attached hydrogens (primary N) is 1. The number of anilines is 1. The van der Waals surface area contributed by atoms with Crippen LogP contribution in [0.1, 0.15) is 0 Å². The van der Waals surface area contributed by atoms with Crippen molar-refractivity contribution in [2.24, 2.45) is 0 Å². The Hall–Kier alpha value is 0.0700. The van der Waals surface area contributed by atoms with Crippen molar-refractivity contribution in [1.82, 2.24) is 0 Å². The quantitative estimate of drug-likeness (QED) is 0.540. The van der Waals surface area contributed by atoms with Crippen LogP contribution < -0.4 is 5.73 Å². The molecule has 0 spiro atoms. The molecule has 0 amide bonds. The molecule has 0 bridgehead atoms. The van der Waals surface area contributed by atoms with Crippen molar-refractivity contribution in [2.75, 3.05) is 5.73 Å². The van der Waals surface area contributed by atoms with E-state index in [4.69, 9.17) is 37.8 Å². The lowest BCUT2D eigenvalue weighted by molar-refractivity contribution is 1.47. The molecular weight excluding hydrogens is 305 g/mol. The van der Waals surface area contributed by atoms with Crippen molar-refractivity contribution in [2.45, 2.75) is 9.79 Å². The molecule has 0 heterocycles. The largest absolute Gasteiger partial charge is 0.398 e. The second-order valence-electron chi connectivity index (χ2n) is 3.33. The molecule has 2 aromatic carbocycles. The second kappa shape index (κ2) is 4.39. The maximum Gasteiger partial charge on any atom is 0.0546 e. The number of benzene rings is 2. The SMILES string of the molecule is Nc1cc2ccc(S)cc2cc1S(Cl)(Cl)Cl. The normalized spacial score (nSPS) is 13.0. The van der Waals surface area contributed by atoms with Gasteiger partial charge in [0.05, 0.1) is 4.90 Å². The highest BCUT2D eigenvalue weighted by Gasteiger charge is 2.20. The van der Waals surface area contributed by atoms with Crippen LogP contribution in [0.3, 0.4) is 0 Å². The highest BCUT2D eigenvalue weighted by molar-refractivity contribution is 8.79. The molecule has 2 N–H and O–H groups in total. The molecule has 1 nitrogen and oxygen atoms in total. The molecule has 6 heteroatoms. The third kappa shape index (κ3) is 2.49. The number of nitrogen functional groups attached to an aromatic ring is 1. The lowest BCUT2D eigenvalue weighted by atomic mass is 10.1. The summed E-state index contributed by atoms with van der Waals surface area (Å²) in [6.45, 7) is 0. The summed E-state index contributed by atoms with van der Waals surface area (Å²) in [5.74, 6) is 0. The number of hydrogen-bond donors (Lipinski definition) is 2. The van der Waals surface area contributed by atoms with Crippen molar-refractivity contribution in [3.05, 3.63) is 30.3 Å². The summed E-state index contributed by atoms with van der Waals surface area (Å²) in [5, 5.41) is 1.98. The molecule has 0 fully saturated rings. The maximum absolute atomic E-state index is 5.92. The lowest BCUT2D eigenvalue weighted by Crippen LogP contribution is -1.91. The van der Waals surface area contributed by atoms with Crippen molar-refractivity contribution in [3.8, 4) is 0 Å². The molecule has 0 saturated carbocycles. The summed E-state index contributed by atoms with van der Waals surface area (Å²) in [5.41, 5.74) is 6.37. The zero-order chi connectivity index (χ0) is 11.9. The summed E-state index contributed by atoms with van der Waals surface area (Å²) in [6, 6.07) is 9.37. The third-order valence-electron chi connectivity index (χ3n) is 2.20. The minimum absolute atomic E-state index is 0.509. The van der Waals surface area contributed by atoms with Crippen LogP contribution in [-0.2, 0) is 0 Å². The Morgan fingerprint density at radius 1 is 1.00 bits per heavy atom. The van der Waals surface area contributed by atoms with E-state index in [1.54, 1.807) is 0 Å². The molecule has 2 rings (SSSR count). The predicted octanol–water partition coefficient (Wildman–Crippen LogP) is 5.34. The van der Waals surface area contributed by atoms with E-state index >= 15 is 0 Å². The fourth-order valence-corrected chi connectivity index (χ4v) is 3.49. The molecule has 16 heavy (non-hydrogen) atoms. The van der Waals surface area contributed by atoms with Crippen molar-refractivity contribution in [3.63, 3.8) is 0 Å². The smallest absolute Gasteiger partial charge is 0.0546 e. The monoisotopic (exact) mass is 311 g/mol. The Morgan fingerprint density at radius 2 is 1.69 bits per heavy atom. The van der Waals surface area contributed by atoms with E-state index in [9.17, 15) is 0 Å². The van der Waals surface area contributed by atoms with Gasteiger partial charge in [0.15, 0.2) is 0 Å². The van der Waals surface area contributed by atoms with Gasteiger partial charge in [0.2, 0.25) is 0 Å². The van der Waals surface area contributed by atoms with Crippen LogP contribution in [-0.4, -0.2) is 0 Å². The minimum atomic E-state index is -2.37. The van der Waals surface area contributed by atoms with Crippen molar-refractivity contribution >= 4 is 68.8 Å². The van der Waals surface area contributed by atoms with Gasteiger partial charge in [0.25, 0.3) is 0 Å². The van der Waals surface area contributed by atoms with E-state index < -0.39 is 7.67 Å². The summed E-state index contributed by atoms with van der Waals surface area (Å²) in [7, 11) is 15.4.